The maximum atomic E-state index is 11.5. The first-order valence-electron chi connectivity index (χ1n) is 5.38. The van der Waals surface area contributed by atoms with Gasteiger partial charge in [-0.1, -0.05) is 13.0 Å². The second-order valence-corrected chi connectivity index (χ2v) is 3.67. The van der Waals surface area contributed by atoms with Crippen molar-refractivity contribution >= 4 is 5.78 Å². The Hall–Kier alpha value is -1.90. The summed E-state index contributed by atoms with van der Waals surface area (Å²) >= 11 is 0. The minimum atomic E-state index is 0.180. The highest BCUT2D eigenvalue weighted by Crippen LogP contribution is 2.06. The van der Waals surface area contributed by atoms with E-state index in [1.165, 1.54) is 0 Å². The van der Waals surface area contributed by atoms with Crippen LogP contribution in [0.2, 0.25) is 0 Å². The predicted molar refractivity (Wildman–Crippen MR) is 62.4 cm³/mol. The first-order chi connectivity index (χ1) is 7.79. The molecule has 0 atom stereocenters. The van der Waals surface area contributed by atoms with Crippen molar-refractivity contribution in [2.24, 2.45) is 0 Å². The lowest BCUT2D eigenvalue weighted by Crippen LogP contribution is -1.99. The smallest absolute Gasteiger partial charge is 0.164 e. The fourth-order valence-electron chi connectivity index (χ4n) is 1.59. The quantitative estimate of drug-likeness (QED) is 0.733. The highest BCUT2D eigenvalue weighted by atomic mass is 16.1. The zero-order valence-corrected chi connectivity index (χ0v) is 9.26. The molecule has 0 aromatic carbocycles. The molecule has 0 radical (unpaired) electrons. The molecule has 0 aliphatic carbocycles. The van der Waals surface area contributed by atoms with Gasteiger partial charge in [0, 0.05) is 30.6 Å². The summed E-state index contributed by atoms with van der Waals surface area (Å²) in [5, 5.41) is 0. The predicted octanol–water partition coefficient (Wildman–Crippen LogP) is 2.52. The van der Waals surface area contributed by atoms with E-state index in [0.717, 1.165) is 11.3 Å². The summed E-state index contributed by atoms with van der Waals surface area (Å²) in [5.74, 6) is 0.180. The molecule has 0 saturated carbocycles. The summed E-state index contributed by atoms with van der Waals surface area (Å²) in [6.45, 7) is 2.58. The highest BCUT2D eigenvalue weighted by molar-refractivity contribution is 5.95. The molecule has 0 bridgehead atoms. The second kappa shape index (κ2) is 4.75. The van der Waals surface area contributed by atoms with Crippen LogP contribution in [0.5, 0.6) is 0 Å². The minimum Gasteiger partial charge on any atom is -0.348 e. The molecule has 0 aliphatic heterocycles. The van der Waals surface area contributed by atoms with Gasteiger partial charge in [-0.2, -0.15) is 0 Å². The molecule has 0 amide bonds. The van der Waals surface area contributed by atoms with Gasteiger partial charge in [0.1, 0.15) is 0 Å². The molecule has 0 unspecified atom stereocenters. The van der Waals surface area contributed by atoms with Crippen molar-refractivity contribution in [3.05, 3.63) is 54.1 Å². The first-order valence-corrected chi connectivity index (χ1v) is 5.38. The monoisotopic (exact) mass is 214 g/mol. The molecule has 3 nitrogen and oxygen atoms in total. The van der Waals surface area contributed by atoms with E-state index in [1.54, 1.807) is 6.20 Å². The normalized spacial score (nSPS) is 10.3. The molecule has 0 spiro atoms. The van der Waals surface area contributed by atoms with Crippen molar-refractivity contribution in [3.8, 4) is 0 Å². The van der Waals surface area contributed by atoms with Crippen LogP contribution >= 0.6 is 0 Å². The number of Topliss-reactive ketones (excluding diaryl/α,β-unsaturated/α-hetero) is 1. The summed E-state index contributed by atoms with van der Waals surface area (Å²) in [5.41, 5.74) is 1.77. The van der Waals surface area contributed by atoms with Crippen LogP contribution in [-0.4, -0.2) is 15.3 Å². The zero-order valence-electron chi connectivity index (χ0n) is 9.26. The van der Waals surface area contributed by atoms with E-state index in [9.17, 15) is 4.79 Å². The molecule has 3 heteroatoms. The minimum absolute atomic E-state index is 0.180. The SMILES string of the molecule is CCC(=O)c1ccn(Cc2ccccn2)c1. The van der Waals surface area contributed by atoms with Crippen molar-refractivity contribution in [2.45, 2.75) is 19.9 Å². The molecule has 0 fully saturated rings. The van der Waals surface area contributed by atoms with E-state index in [2.05, 4.69) is 4.98 Å². The van der Waals surface area contributed by atoms with Gasteiger partial charge < -0.3 is 4.57 Å². The Morgan fingerprint density at radius 3 is 2.94 bits per heavy atom. The van der Waals surface area contributed by atoms with Crippen LogP contribution in [0, 0.1) is 0 Å². The number of carbonyl (C=O) groups excluding carboxylic acids is 1. The molecule has 2 aromatic rings. The Morgan fingerprint density at radius 2 is 2.25 bits per heavy atom. The van der Waals surface area contributed by atoms with Crippen LogP contribution in [0.4, 0.5) is 0 Å². The number of ketones is 1. The van der Waals surface area contributed by atoms with E-state index in [-0.39, 0.29) is 5.78 Å². The lowest BCUT2D eigenvalue weighted by Gasteiger charge is -2.01. The lowest BCUT2D eigenvalue weighted by atomic mass is 10.2. The van der Waals surface area contributed by atoms with Crippen LogP contribution < -0.4 is 0 Å². The van der Waals surface area contributed by atoms with Crippen molar-refractivity contribution in [1.29, 1.82) is 0 Å². The highest BCUT2D eigenvalue weighted by Gasteiger charge is 2.04. The van der Waals surface area contributed by atoms with Crippen LogP contribution in [0.25, 0.3) is 0 Å². The van der Waals surface area contributed by atoms with Crippen molar-refractivity contribution < 1.29 is 4.79 Å². The van der Waals surface area contributed by atoms with Gasteiger partial charge in [-0.25, -0.2) is 0 Å². The van der Waals surface area contributed by atoms with Crippen molar-refractivity contribution in [1.82, 2.24) is 9.55 Å². The average molecular weight is 214 g/mol. The number of carbonyl (C=O) groups is 1. The van der Waals surface area contributed by atoms with E-state index in [4.69, 9.17) is 0 Å². The standard InChI is InChI=1S/C13H14N2O/c1-2-13(16)11-6-8-15(9-11)10-12-5-3-4-7-14-12/h3-9H,2,10H2,1H3. The van der Waals surface area contributed by atoms with E-state index in [0.29, 0.717) is 13.0 Å². The van der Waals surface area contributed by atoms with Crippen LogP contribution in [0.15, 0.2) is 42.9 Å². The summed E-state index contributed by atoms with van der Waals surface area (Å²) in [7, 11) is 0. The summed E-state index contributed by atoms with van der Waals surface area (Å²) in [6.07, 6.45) is 6.11. The number of hydrogen-bond donors (Lipinski definition) is 0. The van der Waals surface area contributed by atoms with Crippen molar-refractivity contribution in [3.63, 3.8) is 0 Å². The fraction of sp³-hybridized carbons (Fsp3) is 0.231. The van der Waals surface area contributed by atoms with Gasteiger partial charge >= 0.3 is 0 Å². The molecule has 0 aliphatic rings. The number of aromatic nitrogens is 2. The van der Waals surface area contributed by atoms with E-state index in [1.807, 2.05) is 48.1 Å². The number of pyridine rings is 1. The third-order valence-corrected chi connectivity index (χ3v) is 2.46. The third kappa shape index (κ3) is 2.37. The molecule has 0 N–H and O–H groups in total. The third-order valence-electron chi connectivity index (χ3n) is 2.46. The van der Waals surface area contributed by atoms with Gasteiger partial charge in [0.2, 0.25) is 0 Å². The molecule has 2 aromatic heterocycles. The molecule has 0 saturated heterocycles. The maximum absolute atomic E-state index is 11.5. The average Bonchev–Trinajstić information content (AvgIpc) is 2.78. The second-order valence-electron chi connectivity index (χ2n) is 3.67. The topological polar surface area (TPSA) is 34.9 Å². The summed E-state index contributed by atoms with van der Waals surface area (Å²) in [4.78, 5) is 15.7. The van der Waals surface area contributed by atoms with Crippen LogP contribution in [0.1, 0.15) is 29.4 Å². The van der Waals surface area contributed by atoms with Gasteiger partial charge in [-0.05, 0) is 18.2 Å². The Morgan fingerprint density at radius 1 is 1.38 bits per heavy atom. The van der Waals surface area contributed by atoms with Crippen LogP contribution in [-0.2, 0) is 6.54 Å². The largest absolute Gasteiger partial charge is 0.348 e. The Bertz CT molecular complexity index is 474. The fourth-order valence-corrected chi connectivity index (χ4v) is 1.59. The van der Waals surface area contributed by atoms with Gasteiger partial charge in [0.25, 0.3) is 0 Å². The molecular formula is C13H14N2O. The summed E-state index contributed by atoms with van der Waals surface area (Å²) in [6, 6.07) is 7.69. The van der Waals surface area contributed by atoms with Gasteiger partial charge in [0.15, 0.2) is 5.78 Å². The molecule has 82 valence electrons. The van der Waals surface area contributed by atoms with Crippen LogP contribution in [0.3, 0.4) is 0 Å². The Balaban J connectivity index is 2.12. The Labute approximate surface area is 94.7 Å². The Kier molecular flexibility index (Phi) is 3.15. The zero-order chi connectivity index (χ0) is 11.4. The molecule has 2 heterocycles. The molecule has 16 heavy (non-hydrogen) atoms. The van der Waals surface area contributed by atoms with Crippen molar-refractivity contribution in [2.75, 3.05) is 0 Å². The molecular weight excluding hydrogens is 200 g/mol. The van der Waals surface area contributed by atoms with Gasteiger partial charge in [-0.3, -0.25) is 9.78 Å². The molecule has 2 rings (SSSR count). The van der Waals surface area contributed by atoms with Gasteiger partial charge in [-0.15, -0.1) is 0 Å². The number of nitrogens with zero attached hydrogens (tertiary/aromatic N) is 2. The number of rotatable bonds is 4. The number of hydrogen-bond acceptors (Lipinski definition) is 2. The van der Waals surface area contributed by atoms with E-state index >= 15 is 0 Å². The summed E-state index contributed by atoms with van der Waals surface area (Å²) < 4.78 is 1.98. The maximum Gasteiger partial charge on any atom is 0.164 e. The first kappa shape index (κ1) is 10.6. The lowest BCUT2D eigenvalue weighted by molar-refractivity contribution is 0.0988. The van der Waals surface area contributed by atoms with Gasteiger partial charge in [0.05, 0.1) is 12.2 Å². The van der Waals surface area contributed by atoms with E-state index < -0.39 is 0 Å².